The summed E-state index contributed by atoms with van der Waals surface area (Å²) in [5, 5.41) is 14.7. The fourth-order valence-electron chi connectivity index (χ4n) is 2.41. The molecular formula is C14H18N4O3. The fourth-order valence-corrected chi connectivity index (χ4v) is 2.41. The highest BCUT2D eigenvalue weighted by Gasteiger charge is 2.23. The van der Waals surface area contributed by atoms with Gasteiger partial charge < -0.3 is 10.3 Å². The van der Waals surface area contributed by atoms with Crippen molar-refractivity contribution in [2.45, 2.75) is 39.2 Å². The number of nitro groups is 1. The van der Waals surface area contributed by atoms with Crippen molar-refractivity contribution in [2.24, 2.45) is 0 Å². The van der Waals surface area contributed by atoms with Crippen LogP contribution in [0.3, 0.4) is 0 Å². The van der Waals surface area contributed by atoms with Gasteiger partial charge in [0.15, 0.2) is 0 Å². The minimum atomic E-state index is -0.490. The number of nitrogens with zero attached hydrogens (tertiary/aromatic N) is 2. The molecule has 1 aromatic heterocycles. The van der Waals surface area contributed by atoms with E-state index in [9.17, 15) is 14.9 Å². The Kier molecular flexibility index (Phi) is 3.93. The van der Waals surface area contributed by atoms with Crippen molar-refractivity contribution in [1.29, 1.82) is 0 Å². The quantitative estimate of drug-likeness (QED) is 0.651. The Morgan fingerprint density at radius 2 is 2.14 bits per heavy atom. The lowest BCUT2D eigenvalue weighted by atomic mass is 9.98. The molecule has 0 spiro atoms. The van der Waals surface area contributed by atoms with E-state index in [1.807, 2.05) is 13.8 Å². The average Bonchev–Trinajstić information content (AvgIpc) is 2.37. The molecule has 0 radical (unpaired) electrons. The van der Waals surface area contributed by atoms with Crippen molar-refractivity contribution >= 4 is 22.3 Å². The van der Waals surface area contributed by atoms with Gasteiger partial charge in [0.2, 0.25) is 0 Å². The van der Waals surface area contributed by atoms with Gasteiger partial charge in [0.1, 0.15) is 5.69 Å². The number of nitrogens with one attached hydrogen (secondary N) is 2. The molecule has 0 unspecified atom stereocenters. The molecule has 2 N–H and O–H groups in total. The van der Waals surface area contributed by atoms with Gasteiger partial charge >= 0.3 is 0 Å². The molecule has 0 atom stereocenters. The zero-order valence-electron chi connectivity index (χ0n) is 12.3. The Morgan fingerprint density at radius 3 is 2.76 bits per heavy atom. The fraction of sp³-hybridized carbons (Fsp3) is 0.429. The zero-order valence-corrected chi connectivity index (χ0v) is 12.3. The number of nitro benzene ring substituents is 1. The van der Waals surface area contributed by atoms with Crippen LogP contribution in [0.2, 0.25) is 0 Å². The summed E-state index contributed by atoms with van der Waals surface area (Å²) >= 11 is 0. The van der Waals surface area contributed by atoms with Crippen LogP contribution in [0.1, 0.15) is 33.6 Å². The van der Waals surface area contributed by atoms with Crippen LogP contribution < -0.4 is 10.9 Å². The summed E-state index contributed by atoms with van der Waals surface area (Å²) < 4.78 is 0. The first-order chi connectivity index (χ1) is 9.84. The lowest BCUT2D eigenvalue weighted by molar-refractivity contribution is -0.383. The number of rotatable bonds is 5. The summed E-state index contributed by atoms with van der Waals surface area (Å²) in [7, 11) is 0. The number of aromatic amines is 1. The second-order valence-electron chi connectivity index (χ2n) is 5.63. The third-order valence-electron chi connectivity index (χ3n) is 3.30. The second kappa shape index (κ2) is 5.51. The van der Waals surface area contributed by atoms with Gasteiger partial charge in [0.25, 0.3) is 11.2 Å². The number of aromatic nitrogens is 2. The van der Waals surface area contributed by atoms with Crippen LogP contribution in [-0.4, -0.2) is 20.4 Å². The number of fused-ring (bicyclic) bond motifs is 1. The van der Waals surface area contributed by atoms with E-state index in [0.29, 0.717) is 11.2 Å². The van der Waals surface area contributed by atoms with Gasteiger partial charge in [-0.25, -0.2) is 4.98 Å². The highest BCUT2D eigenvalue weighted by molar-refractivity contribution is 5.86. The van der Waals surface area contributed by atoms with E-state index in [0.717, 1.165) is 12.8 Å². The van der Waals surface area contributed by atoms with Gasteiger partial charge in [-0.05, 0) is 26.3 Å². The first-order valence-electron chi connectivity index (χ1n) is 6.78. The molecule has 112 valence electrons. The molecule has 2 rings (SSSR count). The summed E-state index contributed by atoms with van der Waals surface area (Å²) in [4.78, 5) is 29.0. The van der Waals surface area contributed by atoms with Gasteiger partial charge in [-0.3, -0.25) is 14.9 Å². The predicted molar refractivity (Wildman–Crippen MR) is 81.6 cm³/mol. The molecule has 0 amide bonds. The van der Waals surface area contributed by atoms with Crippen molar-refractivity contribution in [3.05, 3.63) is 38.9 Å². The molecule has 0 bridgehead atoms. The average molecular weight is 290 g/mol. The number of H-pyrrole nitrogens is 1. The van der Waals surface area contributed by atoms with Crippen molar-refractivity contribution in [1.82, 2.24) is 9.97 Å². The molecule has 1 aromatic carbocycles. The first-order valence-corrected chi connectivity index (χ1v) is 6.78. The monoisotopic (exact) mass is 290 g/mol. The minimum Gasteiger partial charge on any atom is -0.375 e. The smallest absolute Gasteiger partial charge is 0.293 e. The second-order valence-corrected chi connectivity index (χ2v) is 5.63. The molecular weight excluding hydrogens is 272 g/mol. The molecule has 7 heteroatoms. The van der Waals surface area contributed by atoms with Crippen LogP contribution in [0.25, 0.3) is 10.9 Å². The van der Waals surface area contributed by atoms with E-state index >= 15 is 0 Å². The number of benzene rings is 1. The van der Waals surface area contributed by atoms with E-state index in [4.69, 9.17) is 0 Å². The molecule has 0 aliphatic rings. The summed E-state index contributed by atoms with van der Waals surface area (Å²) in [6.07, 6.45) is 3.11. The normalized spacial score (nSPS) is 11.6. The van der Waals surface area contributed by atoms with E-state index < -0.39 is 4.92 Å². The van der Waals surface area contributed by atoms with Gasteiger partial charge in [0.05, 0.1) is 22.2 Å². The molecule has 0 saturated heterocycles. The molecule has 0 aliphatic carbocycles. The molecule has 0 aliphatic heterocycles. The Bertz CT molecular complexity index is 737. The zero-order chi connectivity index (χ0) is 15.6. The predicted octanol–water partition coefficient (Wildman–Crippen LogP) is 2.82. The van der Waals surface area contributed by atoms with Crippen LogP contribution in [-0.2, 0) is 0 Å². The van der Waals surface area contributed by atoms with E-state index in [1.54, 1.807) is 6.07 Å². The lowest BCUT2D eigenvalue weighted by Gasteiger charge is -2.27. The van der Waals surface area contributed by atoms with Crippen LogP contribution >= 0.6 is 0 Å². The van der Waals surface area contributed by atoms with Gasteiger partial charge in [-0.15, -0.1) is 0 Å². The molecule has 21 heavy (non-hydrogen) atoms. The highest BCUT2D eigenvalue weighted by atomic mass is 16.6. The van der Waals surface area contributed by atoms with Crippen LogP contribution in [0, 0.1) is 10.1 Å². The summed E-state index contributed by atoms with van der Waals surface area (Å²) in [5.41, 5.74) is 0.0184. The Morgan fingerprint density at radius 1 is 1.43 bits per heavy atom. The summed E-state index contributed by atoms with van der Waals surface area (Å²) in [6, 6.07) is 2.83. The Labute approximate surface area is 121 Å². The van der Waals surface area contributed by atoms with E-state index in [1.165, 1.54) is 12.4 Å². The van der Waals surface area contributed by atoms with Crippen molar-refractivity contribution in [3.63, 3.8) is 0 Å². The maximum Gasteiger partial charge on any atom is 0.293 e. The first kappa shape index (κ1) is 15.0. The van der Waals surface area contributed by atoms with Crippen molar-refractivity contribution in [2.75, 3.05) is 5.32 Å². The third kappa shape index (κ3) is 3.18. The van der Waals surface area contributed by atoms with Crippen LogP contribution in [0.15, 0.2) is 23.3 Å². The summed E-state index contributed by atoms with van der Waals surface area (Å²) in [5.74, 6) is 0. The summed E-state index contributed by atoms with van der Waals surface area (Å²) in [6.45, 7) is 6.02. The largest absolute Gasteiger partial charge is 0.375 e. The van der Waals surface area contributed by atoms with Crippen molar-refractivity contribution in [3.8, 4) is 0 Å². The minimum absolute atomic E-state index is 0.120. The maximum atomic E-state index is 11.7. The van der Waals surface area contributed by atoms with Gasteiger partial charge in [-0.1, -0.05) is 13.3 Å². The lowest BCUT2D eigenvalue weighted by Crippen LogP contribution is -2.30. The maximum absolute atomic E-state index is 11.7. The van der Waals surface area contributed by atoms with Gasteiger partial charge in [0, 0.05) is 11.6 Å². The topological polar surface area (TPSA) is 101 Å². The standard InChI is InChI=1S/C14H18N4O3/c1-4-5-14(2,3)17-11-7-10-9(6-12(11)18(20)21)13(19)16-8-15-10/h6-8,17H,4-5H2,1-3H3,(H,15,16,19). The number of hydrogen-bond donors (Lipinski definition) is 2. The van der Waals surface area contributed by atoms with Crippen molar-refractivity contribution < 1.29 is 4.92 Å². The molecule has 2 aromatic rings. The van der Waals surface area contributed by atoms with Gasteiger partial charge in [-0.2, -0.15) is 0 Å². The Balaban J connectivity index is 2.59. The Hall–Kier alpha value is -2.44. The van der Waals surface area contributed by atoms with E-state index in [-0.39, 0.29) is 22.2 Å². The third-order valence-corrected chi connectivity index (χ3v) is 3.30. The van der Waals surface area contributed by atoms with Crippen LogP contribution in [0.4, 0.5) is 11.4 Å². The molecule has 0 fully saturated rings. The SMILES string of the molecule is CCCC(C)(C)Nc1cc2nc[nH]c(=O)c2cc1[N+](=O)[O-]. The number of hydrogen-bond acceptors (Lipinski definition) is 5. The highest BCUT2D eigenvalue weighted by Crippen LogP contribution is 2.31. The molecule has 0 saturated carbocycles. The molecule has 1 heterocycles. The molecule has 7 nitrogen and oxygen atoms in total. The van der Waals surface area contributed by atoms with Crippen LogP contribution in [0.5, 0.6) is 0 Å². The number of anilines is 1. The van der Waals surface area contributed by atoms with E-state index in [2.05, 4.69) is 22.2 Å².